The summed E-state index contributed by atoms with van der Waals surface area (Å²) in [5, 5.41) is 1.44. The lowest BCUT2D eigenvalue weighted by Crippen LogP contribution is -2.40. The zero-order chi connectivity index (χ0) is 10.2. The molecule has 0 aromatic heterocycles. The van der Waals surface area contributed by atoms with Gasteiger partial charge in [-0.2, -0.15) is 0 Å². The molecule has 1 aliphatic carbocycles. The molecule has 14 heavy (non-hydrogen) atoms. The van der Waals surface area contributed by atoms with Gasteiger partial charge in [-0.3, -0.25) is 9.63 Å². The Labute approximate surface area is 84.3 Å². The summed E-state index contributed by atoms with van der Waals surface area (Å²) in [6, 6.07) is 0. The van der Waals surface area contributed by atoms with E-state index in [2.05, 4.69) is 0 Å². The second-order valence-electron chi connectivity index (χ2n) is 4.49. The minimum Gasteiger partial charge on any atom is -0.329 e. The van der Waals surface area contributed by atoms with Crippen LogP contribution in [0.4, 0.5) is 0 Å². The maximum absolute atomic E-state index is 11.6. The van der Waals surface area contributed by atoms with Crippen LogP contribution in [0.5, 0.6) is 0 Å². The van der Waals surface area contributed by atoms with Crippen molar-refractivity contribution in [1.29, 1.82) is 0 Å². The van der Waals surface area contributed by atoms with Crippen molar-refractivity contribution in [1.82, 2.24) is 5.06 Å². The molecule has 1 saturated heterocycles. The highest BCUT2D eigenvalue weighted by Gasteiger charge is 2.48. The molecule has 1 unspecified atom stereocenters. The molecular weight excluding hydrogens is 180 g/mol. The molecule has 2 rings (SSSR count). The summed E-state index contributed by atoms with van der Waals surface area (Å²) >= 11 is 0. The van der Waals surface area contributed by atoms with Crippen LogP contribution >= 0.6 is 0 Å². The number of carbonyl (C=O) groups excluding carboxylic acids is 1. The summed E-state index contributed by atoms with van der Waals surface area (Å²) in [4.78, 5) is 17.3. The Bertz CT molecular complexity index is 240. The number of amides is 1. The van der Waals surface area contributed by atoms with Gasteiger partial charge in [0.2, 0.25) is 5.91 Å². The average molecular weight is 198 g/mol. The third kappa shape index (κ3) is 1.53. The van der Waals surface area contributed by atoms with Gasteiger partial charge in [-0.05, 0) is 25.7 Å². The lowest BCUT2D eigenvalue weighted by Gasteiger charge is -2.38. The van der Waals surface area contributed by atoms with Crippen LogP contribution in [-0.4, -0.2) is 29.7 Å². The zero-order valence-corrected chi connectivity index (χ0v) is 8.66. The maximum Gasteiger partial charge on any atom is 0.249 e. The van der Waals surface area contributed by atoms with Crippen LogP contribution in [0.15, 0.2) is 0 Å². The normalized spacial score (nSPS) is 33.6. The molecule has 1 heterocycles. The molecule has 2 N–H and O–H groups in total. The molecule has 0 radical (unpaired) electrons. The summed E-state index contributed by atoms with van der Waals surface area (Å²) in [5.74, 6) is 0.652. The Morgan fingerprint density at radius 1 is 1.64 bits per heavy atom. The highest BCUT2D eigenvalue weighted by Crippen LogP contribution is 2.43. The first-order valence-corrected chi connectivity index (χ1v) is 5.35. The number of nitrogens with zero attached hydrogens (tertiary/aromatic N) is 1. The van der Waals surface area contributed by atoms with E-state index in [1.54, 1.807) is 0 Å². The smallest absolute Gasteiger partial charge is 0.249 e. The van der Waals surface area contributed by atoms with Crippen molar-refractivity contribution < 1.29 is 9.63 Å². The van der Waals surface area contributed by atoms with Crippen LogP contribution in [0.1, 0.15) is 32.6 Å². The van der Waals surface area contributed by atoms with Crippen molar-refractivity contribution in [2.45, 2.75) is 38.2 Å². The number of rotatable bonds is 3. The minimum absolute atomic E-state index is 0.0878. The lowest BCUT2D eigenvalue weighted by molar-refractivity contribution is -0.214. The van der Waals surface area contributed by atoms with Crippen LogP contribution in [0.2, 0.25) is 0 Å². The number of hydrogen-bond acceptors (Lipinski definition) is 3. The fourth-order valence-electron chi connectivity index (χ4n) is 2.25. The van der Waals surface area contributed by atoms with E-state index >= 15 is 0 Å². The molecule has 4 heteroatoms. The molecule has 80 valence electrons. The van der Waals surface area contributed by atoms with Gasteiger partial charge >= 0.3 is 0 Å². The van der Waals surface area contributed by atoms with Gasteiger partial charge in [-0.15, -0.1) is 0 Å². The molecule has 0 aromatic carbocycles. The highest BCUT2D eigenvalue weighted by molar-refractivity contribution is 5.78. The van der Waals surface area contributed by atoms with Gasteiger partial charge < -0.3 is 5.73 Å². The minimum atomic E-state index is -0.246. The summed E-state index contributed by atoms with van der Waals surface area (Å²) < 4.78 is 0. The molecule has 1 atom stereocenters. The molecule has 2 aliphatic rings. The van der Waals surface area contributed by atoms with Gasteiger partial charge in [0, 0.05) is 6.54 Å². The number of hydrogen-bond donors (Lipinski definition) is 1. The van der Waals surface area contributed by atoms with Gasteiger partial charge in [-0.1, -0.05) is 6.42 Å². The average Bonchev–Trinajstić information content (AvgIpc) is 2.24. The van der Waals surface area contributed by atoms with E-state index in [4.69, 9.17) is 10.6 Å². The molecule has 0 aromatic rings. The fraction of sp³-hybridized carbons (Fsp3) is 0.900. The SMILES string of the molecule is CC1(C2CCC2)CC(=O)N(CCN)O1. The van der Waals surface area contributed by atoms with Crippen LogP contribution in [-0.2, 0) is 9.63 Å². The van der Waals surface area contributed by atoms with Crippen molar-refractivity contribution in [2.24, 2.45) is 11.7 Å². The van der Waals surface area contributed by atoms with Crippen molar-refractivity contribution in [3.63, 3.8) is 0 Å². The molecular formula is C10H18N2O2. The first-order chi connectivity index (χ1) is 6.65. The number of hydroxylamine groups is 2. The van der Waals surface area contributed by atoms with Gasteiger partial charge in [0.15, 0.2) is 0 Å². The molecule has 0 spiro atoms. The summed E-state index contributed by atoms with van der Waals surface area (Å²) in [6.07, 6.45) is 4.19. The monoisotopic (exact) mass is 198 g/mol. The molecule has 1 saturated carbocycles. The zero-order valence-electron chi connectivity index (χ0n) is 8.66. The van der Waals surface area contributed by atoms with E-state index in [9.17, 15) is 4.79 Å². The van der Waals surface area contributed by atoms with E-state index in [-0.39, 0.29) is 11.5 Å². The predicted molar refractivity (Wildman–Crippen MR) is 52.2 cm³/mol. The van der Waals surface area contributed by atoms with Gasteiger partial charge in [0.1, 0.15) is 5.60 Å². The number of carbonyl (C=O) groups is 1. The Morgan fingerprint density at radius 2 is 2.36 bits per heavy atom. The second kappa shape index (κ2) is 3.51. The van der Waals surface area contributed by atoms with Crippen LogP contribution in [0, 0.1) is 5.92 Å². The highest BCUT2D eigenvalue weighted by atomic mass is 16.7. The van der Waals surface area contributed by atoms with Crippen molar-refractivity contribution in [2.75, 3.05) is 13.1 Å². The van der Waals surface area contributed by atoms with Crippen LogP contribution in [0.3, 0.4) is 0 Å². The Morgan fingerprint density at radius 3 is 2.86 bits per heavy atom. The van der Waals surface area contributed by atoms with E-state index in [1.165, 1.54) is 24.3 Å². The second-order valence-corrected chi connectivity index (χ2v) is 4.49. The van der Waals surface area contributed by atoms with E-state index in [0.29, 0.717) is 25.4 Å². The van der Waals surface area contributed by atoms with Crippen molar-refractivity contribution >= 4 is 5.91 Å². The fourth-order valence-corrected chi connectivity index (χ4v) is 2.25. The molecule has 0 bridgehead atoms. The predicted octanol–water partition coefficient (Wildman–Crippen LogP) is 0.668. The first kappa shape index (κ1) is 9.93. The standard InChI is InChI=1S/C10H18N2O2/c1-10(8-3-2-4-8)7-9(13)12(14-10)6-5-11/h8H,2-7,11H2,1H3. The lowest BCUT2D eigenvalue weighted by atomic mass is 9.72. The van der Waals surface area contributed by atoms with Gasteiger partial charge in [0.05, 0.1) is 13.0 Å². The molecule has 1 amide bonds. The summed E-state index contributed by atoms with van der Waals surface area (Å²) in [6.45, 7) is 3.03. The third-order valence-electron chi connectivity index (χ3n) is 3.40. The third-order valence-corrected chi connectivity index (χ3v) is 3.40. The van der Waals surface area contributed by atoms with Gasteiger partial charge in [-0.25, -0.2) is 5.06 Å². The van der Waals surface area contributed by atoms with Crippen LogP contribution in [0.25, 0.3) is 0 Å². The summed E-state index contributed by atoms with van der Waals surface area (Å²) in [7, 11) is 0. The Kier molecular flexibility index (Phi) is 2.49. The summed E-state index contributed by atoms with van der Waals surface area (Å²) in [5.41, 5.74) is 5.16. The van der Waals surface area contributed by atoms with Gasteiger partial charge in [0.25, 0.3) is 0 Å². The first-order valence-electron chi connectivity index (χ1n) is 5.35. The van der Waals surface area contributed by atoms with Crippen LogP contribution < -0.4 is 5.73 Å². The number of nitrogens with two attached hydrogens (primary N) is 1. The quantitative estimate of drug-likeness (QED) is 0.725. The maximum atomic E-state index is 11.6. The molecule has 4 nitrogen and oxygen atoms in total. The Hall–Kier alpha value is -0.610. The largest absolute Gasteiger partial charge is 0.329 e. The van der Waals surface area contributed by atoms with E-state index in [1.807, 2.05) is 6.92 Å². The topological polar surface area (TPSA) is 55.6 Å². The van der Waals surface area contributed by atoms with Crippen molar-refractivity contribution in [3.05, 3.63) is 0 Å². The van der Waals surface area contributed by atoms with E-state index in [0.717, 1.165) is 0 Å². The molecule has 2 fully saturated rings. The molecule has 1 aliphatic heterocycles. The van der Waals surface area contributed by atoms with E-state index < -0.39 is 0 Å². The Balaban J connectivity index is 1.99. The van der Waals surface area contributed by atoms with Crippen molar-refractivity contribution in [3.8, 4) is 0 Å².